The van der Waals surface area contributed by atoms with E-state index in [9.17, 15) is 0 Å². The van der Waals surface area contributed by atoms with Crippen LogP contribution in [0.3, 0.4) is 0 Å². The van der Waals surface area contributed by atoms with Crippen LogP contribution in [0.15, 0.2) is 139 Å². The van der Waals surface area contributed by atoms with E-state index in [0.29, 0.717) is 0 Å². The zero-order chi connectivity index (χ0) is 31.2. The fourth-order valence-electron chi connectivity index (χ4n) is 7.90. The van der Waals surface area contributed by atoms with Gasteiger partial charge in [-0.25, -0.2) is 0 Å². The van der Waals surface area contributed by atoms with Crippen molar-refractivity contribution < 1.29 is 32.7 Å². The van der Waals surface area contributed by atoms with Crippen LogP contribution >= 0.6 is 0 Å². The molecule has 2 atom stereocenters. The molecule has 224 valence electrons. The molecular weight excluding hydrogens is 658 g/mol. The summed E-state index contributed by atoms with van der Waals surface area (Å²) in [6.45, 7) is 6.52. The molecule has 0 aromatic heterocycles. The minimum atomic E-state index is -6.03. The molecule has 5 aromatic rings. The molecule has 0 saturated heterocycles. The van der Waals surface area contributed by atoms with E-state index in [2.05, 4.69) is 68.9 Å². The molecule has 2 nitrogen and oxygen atoms in total. The maximum absolute atomic E-state index is 16.1. The van der Waals surface area contributed by atoms with Gasteiger partial charge in [0.2, 0.25) is 0 Å². The SMILES string of the molecule is CC1=Cc2ccccc2[CH]1[Zr]([O]c1ccccc1F)([O]c1ccccc1F)([CH]1C(C)=Cc2ccccc21)=[Si](C)c1ccccc1. The number of hydrogen-bond acceptors (Lipinski definition) is 2. The molecule has 0 saturated carbocycles. The van der Waals surface area contributed by atoms with Crippen molar-refractivity contribution in [2.75, 3.05) is 0 Å². The first-order chi connectivity index (χ1) is 21.8. The van der Waals surface area contributed by atoms with E-state index in [-0.39, 0.29) is 18.8 Å². The Kier molecular flexibility index (Phi) is 7.62. The second-order valence-electron chi connectivity index (χ2n) is 12.2. The number of para-hydroxylation sites is 2. The van der Waals surface area contributed by atoms with Gasteiger partial charge in [0, 0.05) is 0 Å². The van der Waals surface area contributed by atoms with Gasteiger partial charge in [0.15, 0.2) is 0 Å². The van der Waals surface area contributed by atoms with Crippen molar-refractivity contribution in [3.05, 3.63) is 172 Å². The van der Waals surface area contributed by atoms with E-state index < -0.39 is 35.3 Å². The quantitative estimate of drug-likeness (QED) is 0.158. The summed E-state index contributed by atoms with van der Waals surface area (Å²) in [6.07, 6.45) is 4.42. The molecule has 0 aliphatic heterocycles. The van der Waals surface area contributed by atoms with Crippen molar-refractivity contribution >= 4 is 22.8 Å². The molecule has 0 N–H and O–H groups in total. The van der Waals surface area contributed by atoms with Crippen LogP contribution < -0.4 is 10.8 Å². The molecule has 0 heterocycles. The number of hydrogen-bond donors (Lipinski definition) is 0. The van der Waals surface area contributed by atoms with Crippen molar-refractivity contribution in [2.45, 2.75) is 27.6 Å². The van der Waals surface area contributed by atoms with E-state index >= 15 is 8.78 Å². The van der Waals surface area contributed by atoms with Crippen LogP contribution in [0.1, 0.15) is 43.4 Å². The van der Waals surface area contributed by atoms with Gasteiger partial charge in [-0.2, -0.15) is 0 Å². The summed E-state index contributed by atoms with van der Waals surface area (Å²) in [5, 5.41) is 1.11. The van der Waals surface area contributed by atoms with E-state index in [1.54, 1.807) is 36.4 Å². The van der Waals surface area contributed by atoms with E-state index in [4.69, 9.17) is 5.63 Å². The Labute approximate surface area is 265 Å². The molecule has 5 aromatic carbocycles. The standard InChI is InChI=1S/2C10H9.C7H8Si.2C6H5FO.Zr/c2*1-8-6-9-4-2-3-5-10(9)7-8;1-8-7-5-3-2-4-6-7;2*7-5-3-1-2-4-6(5)8;/h2*2-7H,1H3;2-6H,1H3;2*1-4,8H;/q;;;;;+2/p-2. The second kappa shape index (κ2) is 11.5. The Balaban J connectivity index is 1.76. The topological polar surface area (TPSA) is 18.5 Å². The van der Waals surface area contributed by atoms with Gasteiger partial charge in [0.25, 0.3) is 0 Å². The second-order valence-corrected chi connectivity index (χ2v) is 35.2. The van der Waals surface area contributed by atoms with Crippen molar-refractivity contribution in [1.29, 1.82) is 0 Å². The predicted molar refractivity (Wildman–Crippen MR) is 177 cm³/mol. The van der Waals surface area contributed by atoms with Crippen molar-refractivity contribution in [3.8, 4) is 11.5 Å². The molecule has 0 amide bonds. The third kappa shape index (κ3) is 4.64. The van der Waals surface area contributed by atoms with Gasteiger partial charge in [-0.1, -0.05) is 0 Å². The number of rotatable bonds is 7. The first-order valence-corrected chi connectivity index (χ1v) is 25.8. The van der Waals surface area contributed by atoms with Gasteiger partial charge >= 0.3 is 267 Å². The molecule has 6 heteroatoms. The first kappa shape index (κ1) is 29.8. The predicted octanol–water partition coefficient (Wildman–Crippen LogP) is 9.79. The molecule has 0 fully saturated rings. The van der Waals surface area contributed by atoms with Crippen LogP contribution in [-0.4, -0.2) is 5.43 Å². The summed E-state index contributed by atoms with van der Waals surface area (Å²) < 4.78 is 47.0. The van der Waals surface area contributed by atoms with Crippen molar-refractivity contribution in [3.63, 3.8) is 0 Å². The zero-order valence-corrected chi connectivity index (χ0v) is 29.0. The molecule has 7 rings (SSSR count). The van der Waals surface area contributed by atoms with E-state index in [0.717, 1.165) is 38.6 Å². The van der Waals surface area contributed by atoms with Crippen LogP contribution in [-0.2, 0) is 18.3 Å². The summed E-state index contributed by atoms with van der Waals surface area (Å²) in [4.78, 5) is 0. The number of benzene rings is 5. The molecule has 2 unspecified atom stereocenters. The third-order valence-electron chi connectivity index (χ3n) is 9.64. The average molecular weight is 692 g/mol. The van der Waals surface area contributed by atoms with Gasteiger partial charge in [-0.05, 0) is 0 Å². The van der Waals surface area contributed by atoms with Gasteiger partial charge in [0.1, 0.15) is 0 Å². The van der Waals surface area contributed by atoms with Gasteiger partial charge in [-0.3, -0.25) is 0 Å². The molecule has 45 heavy (non-hydrogen) atoms. The molecule has 0 radical (unpaired) electrons. The van der Waals surface area contributed by atoms with Crippen LogP contribution in [0.5, 0.6) is 11.5 Å². The average Bonchev–Trinajstić information content (AvgIpc) is 3.59. The molecule has 0 spiro atoms. The molecular formula is C39H34F2O2SiZr. The normalized spacial score (nSPS) is 17.2. The fraction of sp³-hybridized carbons (Fsp3) is 0.128. The molecule has 0 bridgehead atoms. The maximum atomic E-state index is 16.1. The number of allylic oxidation sites excluding steroid dienone is 2. The zero-order valence-electron chi connectivity index (χ0n) is 25.5. The Morgan fingerprint density at radius 3 is 1.40 bits per heavy atom. The van der Waals surface area contributed by atoms with Gasteiger partial charge in [0.05, 0.1) is 0 Å². The van der Waals surface area contributed by atoms with Crippen LogP contribution in [0, 0.1) is 11.6 Å². The van der Waals surface area contributed by atoms with E-state index in [1.807, 2.05) is 42.5 Å². The summed E-state index contributed by atoms with van der Waals surface area (Å²) in [5.41, 5.74) is 4.62. The Bertz CT molecular complexity index is 1960. The van der Waals surface area contributed by atoms with Gasteiger partial charge < -0.3 is 0 Å². The summed E-state index contributed by atoms with van der Waals surface area (Å²) in [6, 6.07) is 40.3. The van der Waals surface area contributed by atoms with Crippen LogP contribution in [0.2, 0.25) is 6.55 Å². The Morgan fingerprint density at radius 1 is 0.533 bits per heavy atom. The number of fused-ring (bicyclic) bond motifs is 2. The summed E-state index contributed by atoms with van der Waals surface area (Å²) >= 11 is -6.03. The molecule has 2 aliphatic rings. The van der Waals surface area contributed by atoms with Crippen molar-refractivity contribution in [2.24, 2.45) is 0 Å². The summed E-state index contributed by atoms with van der Waals surface area (Å²) in [5.74, 6) is -0.624. The number of halogens is 2. The first-order valence-electron chi connectivity index (χ1n) is 15.3. The van der Waals surface area contributed by atoms with Crippen LogP contribution in [0.4, 0.5) is 8.78 Å². The van der Waals surface area contributed by atoms with Gasteiger partial charge in [-0.15, -0.1) is 0 Å². The van der Waals surface area contributed by atoms with Crippen LogP contribution in [0.25, 0.3) is 12.2 Å². The Hall–Kier alpha value is -3.86. The third-order valence-corrected chi connectivity index (χ3v) is 42.3. The Morgan fingerprint density at radius 2 is 0.933 bits per heavy atom. The monoisotopic (exact) mass is 690 g/mol. The fourth-order valence-corrected chi connectivity index (χ4v) is 44.2. The minimum absolute atomic E-state index is 0.147. The van der Waals surface area contributed by atoms with E-state index in [1.165, 1.54) is 12.1 Å². The summed E-state index contributed by atoms with van der Waals surface area (Å²) in [7, 11) is 0. The molecule has 2 aliphatic carbocycles. The van der Waals surface area contributed by atoms with Crippen molar-refractivity contribution in [1.82, 2.24) is 0 Å².